The predicted octanol–water partition coefficient (Wildman–Crippen LogP) is 5.94. The van der Waals surface area contributed by atoms with Crippen molar-refractivity contribution in [2.75, 3.05) is 49.1 Å². The van der Waals surface area contributed by atoms with E-state index in [2.05, 4.69) is 60.9 Å². The fourth-order valence-electron chi connectivity index (χ4n) is 11.1. The Balaban J connectivity index is 0.000000698. The summed E-state index contributed by atoms with van der Waals surface area (Å²) in [5.41, 5.74) is 7.17. The number of imide groups is 1. The summed E-state index contributed by atoms with van der Waals surface area (Å²) in [4.78, 5) is 71.3. The quantitative estimate of drug-likeness (QED) is 0.245. The first kappa shape index (κ1) is 45.3. The summed E-state index contributed by atoms with van der Waals surface area (Å²) in [6.07, 6.45) is 12.0. The number of carbonyl (C=O) groups is 5. The predicted molar refractivity (Wildman–Crippen MR) is 241 cm³/mol. The topological polar surface area (TPSA) is 161 Å². The number of carbonyl (C=O) groups excluding carboxylic acids is 4. The molecule has 67 heavy (non-hydrogen) atoms. The number of aromatic nitrogens is 2. The van der Waals surface area contributed by atoms with Crippen LogP contribution in [-0.4, -0.2) is 135 Å². The maximum absolute atomic E-state index is 13.4. The molecule has 4 saturated heterocycles. The summed E-state index contributed by atoms with van der Waals surface area (Å²) < 4.78 is 40.7. The number of benzene rings is 2. The molecule has 2 aliphatic carbocycles. The maximum atomic E-state index is 13.4. The SMILES string of the molecule is C[C@H]1CCc2c(ccc(-c3cnn(C4CCN(C5CCN(C6CN(c7ccc8c(c7)C(=O)N(C7CCC(=O)NC7=O)C8)C6)CC5)CC4)c3)c2OC2CCC2)N1C(=O)C1CC1.O=C(O)C(F)(F)F. The molecule has 1 unspecified atom stereocenters. The summed E-state index contributed by atoms with van der Waals surface area (Å²) in [6.45, 7) is 8.95. The van der Waals surface area contributed by atoms with Crippen LogP contribution >= 0.6 is 0 Å². The molecule has 6 fully saturated rings. The Morgan fingerprint density at radius 3 is 2.15 bits per heavy atom. The van der Waals surface area contributed by atoms with Gasteiger partial charge < -0.3 is 29.4 Å². The Labute approximate surface area is 387 Å². The summed E-state index contributed by atoms with van der Waals surface area (Å²) >= 11 is 0. The van der Waals surface area contributed by atoms with E-state index in [9.17, 15) is 32.3 Å². The van der Waals surface area contributed by atoms with E-state index in [0.29, 0.717) is 36.7 Å². The molecular formula is C49H59F3N8O7. The van der Waals surface area contributed by atoms with E-state index in [4.69, 9.17) is 19.7 Å². The molecule has 7 heterocycles. The third-order valence-corrected chi connectivity index (χ3v) is 15.5. The van der Waals surface area contributed by atoms with Gasteiger partial charge in [0.25, 0.3) is 5.91 Å². The highest BCUT2D eigenvalue weighted by Crippen LogP contribution is 2.46. The van der Waals surface area contributed by atoms with Gasteiger partial charge in [-0.3, -0.25) is 34.1 Å². The van der Waals surface area contributed by atoms with Gasteiger partial charge in [0.2, 0.25) is 17.7 Å². The fraction of sp³-hybridized carbons (Fsp3) is 0.592. The first-order chi connectivity index (χ1) is 32.2. The largest absolute Gasteiger partial charge is 0.490 e. The number of piperidine rings is 3. The van der Waals surface area contributed by atoms with Crippen molar-refractivity contribution >= 4 is 41.0 Å². The van der Waals surface area contributed by atoms with Crippen molar-refractivity contribution in [1.82, 2.24) is 29.8 Å². The van der Waals surface area contributed by atoms with Crippen molar-refractivity contribution in [1.29, 1.82) is 0 Å². The van der Waals surface area contributed by atoms with Gasteiger partial charge in [0, 0.05) is 110 Å². The van der Waals surface area contributed by atoms with Crippen molar-refractivity contribution < 1.29 is 47.0 Å². The molecule has 6 aliphatic heterocycles. The number of anilines is 2. The van der Waals surface area contributed by atoms with Gasteiger partial charge in [0.15, 0.2) is 0 Å². The maximum Gasteiger partial charge on any atom is 0.490 e. The van der Waals surface area contributed by atoms with Crippen LogP contribution in [0.3, 0.4) is 0 Å². The van der Waals surface area contributed by atoms with Crippen LogP contribution in [0.25, 0.3) is 11.1 Å². The summed E-state index contributed by atoms with van der Waals surface area (Å²) in [6, 6.07) is 11.7. The number of hydrogen-bond donors (Lipinski definition) is 2. The number of alkyl halides is 3. The van der Waals surface area contributed by atoms with Gasteiger partial charge in [-0.05, 0) is 114 Å². The van der Waals surface area contributed by atoms with Gasteiger partial charge in [-0.2, -0.15) is 18.3 Å². The average molecular weight is 929 g/mol. The van der Waals surface area contributed by atoms with E-state index in [1.54, 1.807) is 4.90 Å². The zero-order valence-corrected chi connectivity index (χ0v) is 37.9. The monoisotopic (exact) mass is 928 g/mol. The summed E-state index contributed by atoms with van der Waals surface area (Å²) in [7, 11) is 0. The number of fused-ring (bicyclic) bond motifs is 2. The van der Waals surface area contributed by atoms with E-state index in [-0.39, 0.29) is 48.1 Å². The van der Waals surface area contributed by atoms with Crippen LogP contribution in [0.1, 0.15) is 112 Å². The Kier molecular flexibility index (Phi) is 12.3. The molecule has 2 N–H and O–H groups in total. The number of hydrogen-bond acceptors (Lipinski definition) is 10. The van der Waals surface area contributed by atoms with E-state index in [1.165, 1.54) is 24.8 Å². The highest BCUT2D eigenvalue weighted by molar-refractivity contribution is 6.06. The number of likely N-dealkylation sites (tertiary alicyclic amines) is 2. The van der Waals surface area contributed by atoms with Gasteiger partial charge >= 0.3 is 12.1 Å². The number of nitrogens with zero attached hydrogens (tertiary/aromatic N) is 7. The second-order valence-electron chi connectivity index (χ2n) is 19.8. The van der Waals surface area contributed by atoms with Crippen molar-refractivity contribution in [2.45, 2.75) is 139 Å². The lowest BCUT2D eigenvalue weighted by atomic mass is 9.91. The molecular weight excluding hydrogens is 870 g/mol. The Morgan fingerprint density at radius 1 is 0.821 bits per heavy atom. The van der Waals surface area contributed by atoms with Crippen LogP contribution in [-0.2, 0) is 32.1 Å². The molecule has 358 valence electrons. The number of nitrogens with one attached hydrogen (secondary N) is 1. The number of amides is 4. The highest BCUT2D eigenvalue weighted by Gasteiger charge is 2.43. The van der Waals surface area contributed by atoms with Crippen LogP contribution in [0, 0.1) is 5.92 Å². The fourth-order valence-corrected chi connectivity index (χ4v) is 11.1. The molecule has 15 nitrogen and oxygen atoms in total. The minimum Gasteiger partial charge on any atom is -0.489 e. The number of rotatable bonds is 9. The highest BCUT2D eigenvalue weighted by atomic mass is 19.4. The molecule has 4 amide bonds. The number of carboxylic acid groups (broad SMARTS) is 1. The minimum atomic E-state index is -5.08. The van der Waals surface area contributed by atoms with E-state index < -0.39 is 18.2 Å². The molecule has 0 bridgehead atoms. The molecule has 2 saturated carbocycles. The van der Waals surface area contributed by atoms with Crippen LogP contribution in [0.4, 0.5) is 24.5 Å². The molecule has 1 aromatic heterocycles. The number of halogens is 3. The first-order valence-corrected chi connectivity index (χ1v) is 24.2. The number of carboxylic acids is 1. The van der Waals surface area contributed by atoms with Crippen LogP contribution in [0.15, 0.2) is 42.7 Å². The standard InChI is InChI=1S/C47H58N8O5.C2HF3O2/c1-29-5-10-39-41(55(29)46(58)30-6-7-30)12-11-38(44(39)60-37-3-2-4-37)32-24-48-54(26-32)34-17-21-50(22-18-34)33-15-19-51(20-16-33)36-27-52(28-36)35-9-8-31-25-53(47(59)40(31)23-35)42-13-14-43(56)49-45(42)57;3-2(4,5)1(6)7/h8-9,11-12,23-24,26,29-30,33-34,36-37,42H,2-7,10,13-22,25,27-28H2,1H3,(H,49,56,57);(H,6,7)/t29-,42?;/m0./s1. The smallest absolute Gasteiger partial charge is 0.489 e. The molecule has 0 radical (unpaired) electrons. The van der Waals surface area contributed by atoms with Crippen molar-refractivity contribution in [3.63, 3.8) is 0 Å². The molecule has 3 aromatic rings. The van der Waals surface area contributed by atoms with Crippen LogP contribution in [0.2, 0.25) is 0 Å². The van der Waals surface area contributed by atoms with Crippen LogP contribution in [0.5, 0.6) is 5.75 Å². The van der Waals surface area contributed by atoms with E-state index in [0.717, 1.165) is 124 Å². The number of aliphatic carboxylic acids is 1. The molecule has 8 aliphatic rings. The van der Waals surface area contributed by atoms with E-state index >= 15 is 0 Å². The van der Waals surface area contributed by atoms with Gasteiger partial charge in [-0.1, -0.05) is 6.07 Å². The van der Waals surface area contributed by atoms with Crippen molar-refractivity contribution in [3.8, 4) is 16.9 Å². The second-order valence-corrected chi connectivity index (χ2v) is 19.8. The zero-order chi connectivity index (χ0) is 46.7. The first-order valence-electron chi connectivity index (χ1n) is 24.2. The zero-order valence-electron chi connectivity index (χ0n) is 37.9. The second kappa shape index (κ2) is 18.2. The van der Waals surface area contributed by atoms with Gasteiger partial charge in [-0.15, -0.1) is 0 Å². The Hall–Kier alpha value is -5.49. The van der Waals surface area contributed by atoms with Crippen molar-refractivity contribution in [2.24, 2.45) is 5.92 Å². The lowest BCUT2D eigenvalue weighted by Crippen LogP contribution is -2.62. The van der Waals surface area contributed by atoms with Gasteiger partial charge in [0.05, 0.1) is 24.0 Å². The Bertz CT molecular complexity index is 2410. The molecule has 18 heteroatoms. The third kappa shape index (κ3) is 9.14. The number of ether oxygens (including phenoxy) is 1. The average Bonchev–Trinajstić information content (AvgIpc) is 3.93. The van der Waals surface area contributed by atoms with Crippen molar-refractivity contribution in [3.05, 3.63) is 59.4 Å². The van der Waals surface area contributed by atoms with Gasteiger partial charge in [0.1, 0.15) is 11.8 Å². The third-order valence-electron chi connectivity index (χ3n) is 15.5. The lowest BCUT2D eigenvalue weighted by molar-refractivity contribution is -0.192. The Morgan fingerprint density at radius 2 is 1.51 bits per heavy atom. The normalized spacial score (nSPS) is 24.6. The summed E-state index contributed by atoms with van der Waals surface area (Å²) in [5.74, 6) is -2.05. The van der Waals surface area contributed by atoms with E-state index in [1.807, 2.05) is 18.3 Å². The molecule has 0 spiro atoms. The van der Waals surface area contributed by atoms with Gasteiger partial charge in [-0.25, -0.2) is 4.79 Å². The molecule has 11 rings (SSSR count). The molecule has 2 atom stereocenters. The molecule has 2 aromatic carbocycles. The van der Waals surface area contributed by atoms with Crippen LogP contribution < -0.4 is 19.9 Å². The lowest BCUT2D eigenvalue weighted by Gasteiger charge is -2.50. The summed E-state index contributed by atoms with van der Waals surface area (Å²) in [5, 5.41) is 14.5. The minimum absolute atomic E-state index is 0.113.